The smallest absolute Gasteiger partial charge is 0.431 e. The second-order valence-corrected chi connectivity index (χ2v) is 23.7. The number of hydrogen-bond donors (Lipinski definition) is 5. The summed E-state index contributed by atoms with van der Waals surface area (Å²) < 4.78 is 127. The van der Waals surface area contributed by atoms with E-state index in [1.807, 2.05) is 30.4 Å². The third-order valence-electron chi connectivity index (χ3n) is 9.32. The van der Waals surface area contributed by atoms with Crippen molar-refractivity contribution >= 4 is 62.3 Å². The van der Waals surface area contributed by atoms with Crippen molar-refractivity contribution in [2.24, 2.45) is 7.05 Å². The number of benzene rings is 2. The first-order valence-corrected chi connectivity index (χ1v) is 29.5. The van der Waals surface area contributed by atoms with E-state index in [-0.39, 0.29) is 35.8 Å². The maximum Gasteiger partial charge on any atom is 0.431 e. The first-order valence-electron chi connectivity index (χ1n) is 22.2. The molecule has 5 rings (SSSR count). The van der Waals surface area contributed by atoms with Gasteiger partial charge in [-0.15, -0.1) is 0 Å². The first kappa shape index (κ1) is 67.0. The van der Waals surface area contributed by atoms with Crippen LogP contribution in [0.5, 0.6) is 23.3 Å². The third-order valence-corrected chi connectivity index (χ3v) is 13.1. The number of amides is 2. The number of aryl methyl sites for hydroxylation is 1. The SMILES string of the molecule is CCS(=O)(=O)c1cccnc1S(=O)(=O)NC(=O)Nc1nc(OC)cc(OC)n1.CCc1ccc(COc2ccc(-n3c(=O)cc(C(F)(F)F)n(C)c3=O)cc2)c(OC(C)C(=O)OC)c1.C[S+](C)C.O=C(O)CNCP(=O)([O-])O. The zero-order valence-corrected chi connectivity index (χ0v) is 46.9. The van der Waals surface area contributed by atoms with Crippen LogP contribution in [-0.4, -0.2) is 134 Å². The summed E-state index contributed by atoms with van der Waals surface area (Å²) in [6.45, 7) is 4.50. The number of halogens is 3. The molecule has 0 saturated heterocycles. The molecular weight excluding hydrogens is 1120 g/mol. The van der Waals surface area contributed by atoms with Crippen molar-refractivity contribution < 1.29 is 87.5 Å². The Morgan fingerprint density at radius 3 is 2.01 bits per heavy atom. The van der Waals surface area contributed by atoms with Gasteiger partial charge in [0.1, 0.15) is 36.3 Å². The van der Waals surface area contributed by atoms with Gasteiger partial charge in [-0.25, -0.2) is 37.1 Å². The lowest BCUT2D eigenvalue weighted by molar-refractivity contribution is -0.193. The van der Waals surface area contributed by atoms with Gasteiger partial charge in [-0.05, 0) is 72.3 Å². The van der Waals surface area contributed by atoms with Gasteiger partial charge in [0.15, 0.2) is 21.0 Å². The number of methoxy groups -OCH3 is 3. The molecule has 0 saturated carbocycles. The van der Waals surface area contributed by atoms with Crippen LogP contribution in [0.3, 0.4) is 0 Å². The Labute approximate surface area is 448 Å². The number of alkyl halides is 3. The molecule has 0 aliphatic carbocycles. The fourth-order valence-corrected chi connectivity index (χ4v) is 8.63. The number of hydrogen-bond acceptors (Lipinski definition) is 20. The molecule has 0 bridgehead atoms. The van der Waals surface area contributed by atoms with Gasteiger partial charge in [0.2, 0.25) is 17.7 Å². The first-order chi connectivity index (χ1) is 36.2. The summed E-state index contributed by atoms with van der Waals surface area (Å²) in [5.41, 5.74) is -1.80. The molecule has 0 aliphatic rings. The van der Waals surface area contributed by atoms with E-state index >= 15 is 0 Å². The Morgan fingerprint density at radius 1 is 0.923 bits per heavy atom. The number of aromatic nitrogens is 5. The quantitative estimate of drug-likeness (QED) is 0.0450. The minimum atomic E-state index is -4.84. The third kappa shape index (κ3) is 21.7. The number of nitrogens with zero attached hydrogens (tertiary/aromatic N) is 5. The lowest BCUT2D eigenvalue weighted by Crippen LogP contribution is -2.40. The van der Waals surface area contributed by atoms with E-state index in [0.29, 0.717) is 43.2 Å². The van der Waals surface area contributed by atoms with Crippen molar-refractivity contribution in [1.82, 2.24) is 34.1 Å². The van der Waals surface area contributed by atoms with E-state index < -0.39 is 97.4 Å². The van der Waals surface area contributed by atoms with Crippen LogP contribution < -0.4 is 50.4 Å². The van der Waals surface area contributed by atoms with Crippen molar-refractivity contribution in [3.8, 4) is 28.9 Å². The number of carboxylic acids is 1. The van der Waals surface area contributed by atoms with Crippen LogP contribution in [0, 0.1) is 0 Å². The maximum absolute atomic E-state index is 13.1. The molecule has 5 N–H and O–H groups in total. The number of carbonyl (C=O) groups is 3. The molecule has 78 heavy (non-hydrogen) atoms. The van der Waals surface area contributed by atoms with Crippen molar-refractivity contribution in [2.75, 3.05) is 64.0 Å². The summed E-state index contributed by atoms with van der Waals surface area (Å²) in [6, 6.07) is 14.1. The van der Waals surface area contributed by atoms with Crippen LogP contribution in [0.1, 0.15) is 37.6 Å². The zero-order valence-electron chi connectivity index (χ0n) is 43.5. The summed E-state index contributed by atoms with van der Waals surface area (Å²) >= 11 is 0. The second kappa shape index (κ2) is 30.2. The number of sulfone groups is 1. The van der Waals surface area contributed by atoms with Gasteiger partial charge >= 0.3 is 29.8 Å². The number of pyridine rings is 1. The average Bonchev–Trinajstić information content (AvgIpc) is 3.37. The van der Waals surface area contributed by atoms with Crippen molar-refractivity contribution in [3.05, 3.63) is 111 Å². The number of anilines is 1. The molecule has 33 heteroatoms. The van der Waals surface area contributed by atoms with Gasteiger partial charge in [-0.1, -0.05) is 26.0 Å². The predicted molar refractivity (Wildman–Crippen MR) is 276 cm³/mol. The van der Waals surface area contributed by atoms with Gasteiger partial charge in [0, 0.05) is 24.9 Å². The minimum absolute atomic E-state index is 0.0612. The van der Waals surface area contributed by atoms with Crippen LogP contribution >= 0.6 is 7.60 Å². The summed E-state index contributed by atoms with van der Waals surface area (Å²) in [4.78, 5) is 87.1. The van der Waals surface area contributed by atoms with Gasteiger partial charge in [0.25, 0.3) is 15.6 Å². The molecule has 2 amide bonds. The number of nitrogens with one attached hydrogen (secondary N) is 3. The van der Waals surface area contributed by atoms with E-state index in [1.165, 1.54) is 64.7 Å². The maximum atomic E-state index is 13.1. The summed E-state index contributed by atoms with van der Waals surface area (Å²) in [6.07, 6.45) is 2.06. The zero-order chi connectivity index (χ0) is 59.3. The molecule has 0 radical (unpaired) electrons. The highest BCUT2D eigenvalue weighted by Gasteiger charge is 2.35. The lowest BCUT2D eigenvalue weighted by Gasteiger charge is -2.17. The Morgan fingerprint density at radius 2 is 1.51 bits per heavy atom. The number of urea groups is 1. The number of carboxylic acid groups (broad SMARTS) is 1. The Kier molecular flexibility index (Phi) is 25.9. The van der Waals surface area contributed by atoms with Gasteiger partial charge < -0.3 is 43.1 Å². The van der Waals surface area contributed by atoms with E-state index in [0.717, 1.165) is 31.3 Å². The monoisotopic (exact) mass is 1180 g/mol. The van der Waals surface area contributed by atoms with Crippen LogP contribution in [0.4, 0.5) is 23.9 Å². The second-order valence-electron chi connectivity index (χ2n) is 15.8. The van der Waals surface area contributed by atoms with Gasteiger partial charge in [-0.3, -0.25) is 24.8 Å². The number of aliphatic carboxylic acids is 1. The number of carbonyl (C=O) groups excluding carboxylic acids is 2. The highest BCUT2D eigenvalue weighted by Crippen LogP contribution is 2.28. The molecule has 5 aromatic rings. The number of sulfonamides is 1. The van der Waals surface area contributed by atoms with Crippen LogP contribution in [-0.2, 0) is 75.9 Å². The van der Waals surface area contributed by atoms with E-state index in [1.54, 1.807) is 11.6 Å². The molecule has 430 valence electrons. The number of esters is 1. The van der Waals surface area contributed by atoms with E-state index in [9.17, 15) is 63.4 Å². The summed E-state index contributed by atoms with van der Waals surface area (Å²) in [5, 5.41) is 11.3. The summed E-state index contributed by atoms with van der Waals surface area (Å²) in [5.74, 6) is -1.38. The molecule has 2 aromatic carbocycles. The van der Waals surface area contributed by atoms with E-state index in [2.05, 4.69) is 39.0 Å². The molecule has 2 atom stereocenters. The van der Waals surface area contributed by atoms with Crippen LogP contribution in [0.15, 0.2) is 92.4 Å². The van der Waals surface area contributed by atoms with Gasteiger partial charge in [0.05, 0.1) is 70.4 Å². The molecular formula is C45H58F3N8O18PS3. The molecule has 0 fully saturated rings. The largest absolute Gasteiger partial charge is 0.778 e. The topological polar surface area (TPSA) is 365 Å². The standard InChI is InChI=1S/C25H25F3N2O6.C14H17N5O7S2.C3H8NO5P.C3H9S/c1-5-16-6-7-17(20(12-16)36-15(2)23(32)34-4)14-35-19-10-8-18(9-11-19)30-22(31)13-21(25(26,27)28)29(3)24(30)33;1-4-27(21,22)9-6-5-7-15-12(9)28(23,24)19-14(20)18-13-16-10(25-2)8-11(17-13)26-3;5-3(6)1-4-2-10(7,8)9;1-4(2)3/h6-13,15H,5,14H2,1-4H3;5-8H,4H2,1-3H3,(H2,16,17,18,19,20);4H,1-2H2,(H,5,6)(H2,7,8,9);1-3H3/q;;;+1/p-1. The molecule has 2 unspecified atom stereocenters. The van der Waals surface area contributed by atoms with E-state index in [4.69, 9.17) is 33.7 Å². The minimum Gasteiger partial charge on any atom is -0.778 e. The fraction of sp³-hybridized carbons (Fsp3) is 0.378. The fourth-order valence-electron chi connectivity index (χ4n) is 5.68. The Hall–Kier alpha value is -7.09. The molecule has 0 spiro atoms. The number of rotatable bonds is 19. The molecule has 3 heterocycles. The van der Waals surface area contributed by atoms with Crippen LogP contribution in [0.25, 0.3) is 5.69 Å². The Balaban J connectivity index is 0.000000437. The highest BCUT2D eigenvalue weighted by atomic mass is 32.2. The lowest BCUT2D eigenvalue weighted by atomic mass is 10.1. The number of ether oxygens (including phenoxy) is 5. The molecule has 0 aliphatic heterocycles. The highest BCUT2D eigenvalue weighted by molar-refractivity contribution is 7.94. The molecule has 3 aromatic heterocycles. The van der Waals surface area contributed by atoms with Crippen LogP contribution in [0.2, 0.25) is 0 Å². The summed E-state index contributed by atoms with van der Waals surface area (Å²) in [7, 11) is -7.34. The average molecular weight is 1180 g/mol. The normalized spacial score (nSPS) is 12.3. The van der Waals surface area contributed by atoms with Gasteiger partial charge in [-0.2, -0.15) is 31.6 Å². The Bertz CT molecular complexity index is 3230. The van der Waals surface area contributed by atoms with Crippen molar-refractivity contribution in [2.45, 2.75) is 56.0 Å². The predicted octanol–water partition coefficient (Wildman–Crippen LogP) is 2.49. The molecule has 26 nitrogen and oxygen atoms in total. The van der Waals surface area contributed by atoms with Crippen molar-refractivity contribution in [1.29, 1.82) is 0 Å². The van der Waals surface area contributed by atoms with Crippen molar-refractivity contribution in [3.63, 3.8) is 0 Å².